The van der Waals surface area contributed by atoms with Crippen LogP contribution in [0.3, 0.4) is 0 Å². The zero-order valence-corrected chi connectivity index (χ0v) is 11.7. The summed E-state index contributed by atoms with van der Waals surface area (Å²) in [5, 5.41) is 0. The monoisotopic (exact) mass is 288 g/mol. The van der Waals surface area contributed by atoms with Gasteiger partial charge in [0.1, 0.15) is 0 Å². The van der Waals surface area contributed by atoms with Crippen LogP contribution in [0.25, 0.3) is 0 Å². The molecule has 1 aliphatic heterocycles. The standard InChI is InChI=1S/C17H18F2N2/c18-16-6-5-12(7-17(16)19)10-21-11-14-4-2-1-3-13(14)8-15(21)9-20/h1-7,15H,8-11,20H2. The van der Waals surface area contributed by atoms with Gasteiger partial charge >= 0.3 is 0 Å². The Balaban J connectivity index is 1.82. The van der Waals surface area contributed by atoms with Crippen LogP contribution in [-0.2, 0) is 19.5 Å². The summed E-state index contributed by atoms with van der Waals surface area (Å²) in [6.07, 6.45) is 0.899. The minimum atomic E-state index is -0.807. The number of nitrogens with zero attached hydrogens (tertiary/aromatic N) is 1. The van der Waals surface area contributed by atoms with E-state index in [1.807, 2.05) is 12.1 Å². The Morgan fingerprint density at radius 3 is 2.52 bits per heavy atom. The number of halogens is 2. The van der Waals surface area contributed by atoms with Gasteiger partial charge in [0, 0.05) is 25.7 Å². The number of hydrogen-bond acceptors (Lipinski definition) is 2. The predicted octanol–water partition coefficient (Wildman–Crippen LogP) is 2.85. The SMILES string of the molecule is NCC1Cc2ccccc2CN1Cc1ccc(F)c(F)c1. The van der Waals surface area contributed by atoms with E-state index in [4.69, 9.17) is 5.73 Å². The van der Waals surface area contributed by atoms with E-state index in [1.165, 1.54) is 23.3 Å². The van der Waals surface area contributed by atoms with Crippen LogP contribution in [0.2, 0.25) is 0 Å². The Labute approximate surface area is 123 Å². The Kier molecular flexibility index (Phi) is 3.99. The highest BCUT2D eigenvalue weighted by Gasteiger charge is 2.24. The highest BCUT2D eigenvalue weighted by Crippen LogP contribution is 2.24. The molecule has 110 valence electrons. The predicted molar refractivity (Wildman–Crippen MR) is 78.6 cm³/mol. The molecule has 1 aliphatic rings. The second kappa shape index (κ2) is 5.92. The topological polar surface area (TPSA) is 29.3 Å². The lowest BCUT2D eigenvalue weighted by molar-refractivity contribution is 0.167. The molecular weight excluding hydrogens is 270 g/mol. The molecule has 0 aromatic heterocycles. The molecule has 0 spiro atoms. The number of rotatable bonds is 3. The molecule has 0 bridgehead atoms. The first-order valence-corrected chi connectivity index (χ1v) is 7.12. The zero-order valence-electron chi connectivity index (χ0n) is 11.7. The molecule has 2 aromatic carbocycles. The van der Waals surface area contributed by atoms with Gasteiger partial charge < -0.3 is 5.73 Å². The second-order valence-electron chi connectivity index (χ2n) is 5.52. The Bertz CT molecular complexity index is 642. The molecule has 1 unspecified atom stereocenters. The van der Waals surface area contributed by atoms with Crippen molar-refractivity contribution in [3.8, 4) is 0 Å². The van der Waals surface area contributed by atoms with E-state index >= 15 is 0 Å². The molecule has 2 nitrogen and oxygen atoms in total. The van der Waals surface area contributed by atoms with Crippen LogP contribution in [-0.4, -0.2) is 17.5 Å². The van der Waals surface area contributed by atoms with Crippen LogP contribution >= 0.6 is 0 Å². The van der Waals surface area contributed by atoms with Gasteiger partial charge in [0.15, 0.2) is 11.6 Å². The third-order valence-electron chi connectivity index (χ3n) is 4.11. The van der Waals surface area contributed by atoms with Gasteiger partial charge in [0.05, 0.1) is 0 Å². The summed E-state index contributed by atoms with van der Waals surface area (Å²) in [6, 6.07) is 12.6. The lowest BCUT2D eigenvalue weighted by Gasteiger charge is -2.36. The van der Waals surface area contributed by atoms with Crippen molar-refractivity contribution in [3.63, 3.8) is 0 Å². The summed E-state index contributed by atoms with van der Waals surface area (Å²) in [7, 11) is 0. The van der Waals surface area contributed by atoms with Gasteiger partial charge in [-0.1, -0.05) is 30.3 Å². The summed E-state index contributed by atoms with van der Waals surface area (Å²) in [5.74, 6) is -1.60. The maximum atomic E-state index is 13.3. The lowest BCUT2D eigenvalue weighted by Crippen LogP contribution is -2.44. The van der Waals surface area contributed by atoms with Gasteiger partial charge in [0.25, 0.3) is 0 Å². The van der Waals surface area contributed by atoms with Gasteiger partial charge in [0.2, 0.25) is 0 Å². The maximum absolute atomic E-state index is 13.3. The Morgan fingerprint density at radius 1 is 1.05 bits per heavy atom. The number of fused-ring (bicyclic) bond motifs is 1. The molecule has 0 radical (unpaired) electrons. The van der Waals surface area contributed by atoms with E-state index in [1.54, 1.807) is 6.07 Å². The molecule has 3 rings (SSSR count). The van der Waals surface area contributed by atoms with Crippen molar-refractivity contribution in [2.24, 2.45) is 5.73 Å². The molecule has 2 N–H and O–H groups in total. The number of benzene rings is 2. The summed E-state index contributed by atoms with van der Waals surface area (Å²) in [4.78, 5) is 2.23. The van der Waals surface area contributed by atoms with E-state index in [9.17, 15) is 8.78 Å². The third-order valence-corrected chi connectivity index (χ3v) is 4.11. The minimum absolute atomic E-state index is 0.230. The Morgan fingerprint density at radius 2 is 1.81 bits per heavy atom. The average Bonchev–Trinajstić information content (AvgIpc) is 2.50. The van der Waals surface area contributed by atoms with Gasteiger partial charge in [-0.05, 0) is 35.2 Å². The molecule has 4 heteroatoms. The molecule has 2 aromatic rings. The van der Waals surface area contributed by atoms with Crippen molar-refractivity contribution in [2.75, 3.05) is 6.54 Å². The molecule has 1 atom stereocenters. The van der Waals surface area contributed by atoms with Crippen LogP contribution in [0.4, 0.5) is 8.78 Å². The molecule has 0 amide bonds. The molecule has 21 heavy (non-hydrogen) atoms. The first-order valence-electron chi connectivity index (χ1n) is 7.12. The van der Waals surface area contributed by atoms with Crippen molar-refractivity contribution in [1.29, 1.82) is 0 Å². The fourth-order valence-corrected chi connectivity index (χ4v) is 2.93. The quantitative estimate of drug-likeness (QED) is 0.941. The van der Waals surface area contributed by atoms with E-state index in [0.717, 1.165) is 18.5 Å². The van der Waals surface area contributed by atoms with Gasteiger partial charge in [-0.15, -0.1) is 0 Å². The summed E-state index contributed by atoms with van der Waals surface area (Å²) in [5.41, 5.74) is 9.26. The highest BCUT2D eigenvalue weighted by molar-refractivity contribution is 5.30. The van der Waals surface area contributed by atoms with E-state index in [2.05, 4.69) is 17.0 Å². The average molecular weight is 288 g/mol. The van der Waals surface area contributed by atoms with Gasteiger partial charge in [-0.3, -0.25) is 4.90 Å². The second-order valence-corrected chi connectivity index (χ2v) is 5.52. The number of hydrogen-bond donors (Lipinski definition) is 1. The van der Waals surface area contributed by atoms with E-state index in [0.29, 0.717) is 13.1 Å². The van der Waals surface area contributed by atoms with E-state index < -0.39 is 11.6 Å². The van der Waals surface area contributed by atoms with Crippen LogP contribution in [0.1, 0.15) is 16.7 Å². The van der Waals surface area contributed by atoms with Gasteiger partial charge in [-0.2, -0.15) is 0 Å². The normalized spacial score (nSPS) is 18.5. The van der Waals surface area contributed by atoms with Crippen molar-refractivity contribution in [1.82, 2.24) is 4.90 Å². The lowest BCUT2D eigenvalue weighted by atomic mass is 9.93. The molecule has 0 fully saturated rings. The van der Waals surface area contributed by atoms with Crippen LogP contribution in [0.5, 0.6) is 0 Å². The third kappa shape index (κ3) is 2.96. The highest BCUT2D eigenvalue weighted by atomic mass is 19.2. The fourth-order valence-electron chi connectivity index (χ4n) is 2.93. The Hall–Kier alpha value is -1.78. The van der Waals surface area contributed by atoms with Crippen LogP contribution in [0, 0.1) is 11.6 Å². The number of nitrogens with two attached hydrogens (primary N) is 1. The first-order chi connectivity index (χ1) is 10.2. The fraction of sp³-hybridized carbons (Fsp3) is 0.294. The van der Waals surface area contributed by atoms with Crippen LogP contribution < -0.4 is 5.73 Å². The van der Waals surface area contributed by atoms with Crippen molar-refractivity contribution in [2.45, 2.75) is 25.6 Å². The summed E-state index contributed by atoms with van der Waals surface area (Å²) >= 11 is 0. The van der Waals surface area contributed by atoms with Crippen molar-refractivity contribution < 1.29 is 8.78 Å². The maximum Gasteiger partial charge on any atom is 0.159 e. The molecule has 0 aliphatic carbocycles. The van der Waals surface area contributed by atoms with E-state index in [-0.39, 0.29) is 6.04 Å². The first kappa shape index (κ1) is 14.2. The van der Waals surface area contributed by atoms with Crippen molar-refractivity contribution >= 4 is 0 Å². The molecule has 0 saturated carbocycles. The summed E-state index contributed by atoms with van der Waals surface area (Å²) < 4.78 is 26.3. The minimum Gasteiger partial charge on any atom is -0.329 e. The van der Waals surface area contributed by atoms with Gasteiger partial charge in [-0.25, -0.2) is 8.78 Å². The summed E-state index contributed by atoms with van der Waals surface area (Å²) in [6.45, 7) is 1.92. The largest absolute Gasteiger partial charge is 0.329 e. The van der Waals surface area contributed by atoms with Crippen molar-refractivity contribution in [3.05, 3.63) is 70.8 Å². The zero-order chi connectivity index (χ0) is 14.8. The van der Waals surface area contributed by atoms with Crippen LogP contribution in [0.15, 0.2) is 42.5 Å². The molecular formula is C17H18F2N2. The smallest absolute Gasteiger partial charge is 0.159 e. The molecule has 0 saturated heterocycles. The molecule has 1 heterocycles.